The van der Waals surface area contributed by atoms with Crippen LogP contribution in [0.3, 0.4) is 0 Å². The zero-order chi connectivity index (χ0) is 35.2. The molecule has 0 aliphatic heterocycles. The molecule has 49 heavy (non-hydrogen) atoms. The summed E-state index contributed by atoms with van der Waals surface area (Å²) in [6.07, 6.45) is 5.76. The Hall–Kier alpha value is -5.64. The molecule has 10 nitrogen and oxygen atoms in total. The Morgan fingerprint density at radius 1 is 0.694 bits per heavy atom. The van der Waals surface area contributed by atoms with Crippen molar-refractivity contribution in [2.75, 3.05) is 37.5 Å². The number of amides is 2. The van der Waals surface area contributed by atoms with Gasteiger partial charge in [0.25, 0.3) is 11.8 Å². The third-order valence-corrected chi connectivity index (χ3v) is 7.76. The van der Waals surface area contributed by atoms with Crippen LogP contribution in [0.15, 0.2) is 97.1 Å². The van der Waals surface area contributed by atoms with Crippen molar-refractivity contribution in [2.45, 2.75) is 45.6 Å². The van der Waals surface area contributed by atoms with E-state index in [1.54, 1.807) is 72.8 Å². The molecular formula is C39H43N3O7. The van der Waals surface area contributed by atoms with E-state index in [4.69, 9.17) is 9.47 Å². The molecule has 0 saturated carbocycles. The first-order chi connectivity index (χ1) is 23.6. The lowest BCUT2D eigenvalue weighted by Crippen LogP contribution is -2.35. The maximum Gasteiger partial charge on any atom is 0.343 e. The fourth-order valence-corrected chi connectivity index (χ4v) is 4.99. The van der Waals surface area contributed by atoms with Crippen LogP contribution in [0.25, 0.3) is 0 Å². The number of unbranched alkanes of at least 4 members (excludes halogenated alkanes) is 4. The van der Waals surface area contributed by atoms with Crippen LogP contribution in [0.4, 0.5) is 11.4 Å². The number of benzene rings is 4. The maximum atomic E-state index is 13.3. The number of aliphatic carboxylic acids is 1. The number of carboxylic acid groups (broad SMARTS) is 1. The number of ether oxygens (including phenoxy) is 2. The molecule has 0 spiro atoms. The van der Waals surface area contributed by atoms with Crippen LogP contribution in [0, 0.1) is 0 Å². The van der Waals surface area contributed by atoms with Crippen LogP contribution >= 0.6 is 0 Å². The second kappa shape index (κ2) is 18.1. The zero-order valence-electron chi connectivity index (χ0n) is 28.2. The van der Waals surface area contributed by atoms with E-state index in [2.05, 4.69) is 12.2 Å². The van der Waals surface area contributed by atoms with E-state index >= 15 is 0 Å². The van der Waals surface area contributed by atoms with Crippen molar-refractivity contribution in [3.05, 3.63) is 119 Å². The standard InChI is InChI=1S/C39H43N3O7/c1-4-5-6-7-8-25-48-34-23-15-31(16-24-34)39(47)49-35-21-9-28(10-22-35)26-42(27-36(43)44)38(46)30-11-17-32(18-12-30)40-37(45)29-13-19-33(20-14-29)41(2)3/h9-24H,4-8,25-27H2,1-3H3,(H,40,45)(H,43,44). The molecule has 0 aromatic heterocycles. The average molecular weight is 666 g/mol. The summed E-state index contributed by atoms with van der Waals surface area (Å²) in [6.45, 7) is 2.31. The highest BCUT2D eigenvalue weighted by Crippen LogP contribution is 2.20. The molecule has 0 unspecified atom stereocenters. The van der Waals surface area contributed by atoms with Crippen molar-refractivity contribution in [1.82, 2.24) is 4.90 Å². The summed E-state index contributed by atoms with van der Waals surface area (Å²) >= 11 is 0. The Morgan fingerprint density at radius 2 is 1.29 bits per heavy atom. The second-order valence-corrected chi connectivity index (χ2v) is 11.8. The van der Waals surface area contributed by atoms with Gasteiger partial charge in [-0.3, -0.25) is 14.4 Å². The largest absolute Gasteiger partial charge is 0.494 e. The highest BCUT2D eigenvalue weighted by molar-refractivity contribution is 6.05. The van der Waals surface area contributed by atoms with Gasteiger partial charge in [-0.25, -0.2) is 4.79 Å². The maximum absolute atomic E-state index is 13.3. The van der Waals surface area contributed by atoms with E-state index in [1.807, 2.05) is 31.1 Å². The van der Waals surface area contributed by atoms with Crippen molar-refractivity contribution in [3.63, 3.8) is 0 Å². The van der Waals surface area contributed by atoms with Crippen LogP contribution in [0.1, 0.15) is 75.7 Å². The third-order valence-electron chi connectivity index (χ3n) is 7.76. The number of nitrogens with zero attached hydrogens (tertiary/aromatic N) is 2. The first kappa shape index (κ1) is 36.2. The van der Waals surface area contributed by atoms with Gasteiger partial charge in [-0.2, -0.15) is 0 Å². The zero-order valence-corrected chi connectivity index (χ0v) is 28.2. The van der Waals surface area contributed by atoms with Crippen molar-refractivity contribution in [2.24, 2.45) is 0 Å². The molecule has 4 aromatic carbocycles. The monoisotopic (exact) mass is 665 g/mol. The molecule has 0 heterocycles. The first-order valence-electron chi connectivity index (χ1n) is 16.4. The Balaban J connectivity index is 1.31. The minimum absolute atomic E-state index is 0.0147. The minimum Gasteiger partial charge on any atom is -0.494 e. The van der Waals surface area contributed by atoms with E-state index in [1.165, 1.54) is 36.3 Å². The summed E-state index contributed by atoms with van der Waals surface area (Å²) in [5, 5.41) is 12.3. The second-order valence-electron chi connectivity index (χ2n) is 11.8. The summed E-state index contributed by atoms with van der Waals surface area (Å²) in [7, 11) is 3.83. The van der Waals surface area contributed by atoms with E-state index in [0.29, 0.717) is 40.5 Å². The van der Waals surface area contributed by atoms with Gasteiger partial charge in [0.05, 0.1) is 12.2 Å². The topological polar surface area (TPSA) is 125 Å². The molecule has 0 atom stereocenters. The Labute approximate surface area is 287 Å². The molecule has 0 radical (unpaired) electrons. The van der Waals surface area contributed by atoms with Crippen molar-refractivity contribution in [3.8, 4) is 11.5 Å². The average Bonchev–Trinajstić information content (AvgIpc) is 3.10. The summed E-state index contributed by atoms with van der Waals surface area (Å²) in [6, 6.07) is 26.8. The number of anilines is 2. The molecule has 4 rings (SSSR count). The van der Waals surface area contributed by atoms with Gasteiger partial charge in [0.15, 0.2) is 0 Å². The van der Waals surface area contributed by atoms with E-state index in [9.17, 15) is 24.3 Å². The summed E-state index contributed by atoms with van der Waals surface area (Å²) < 4.78 is 11.3. The van der Waals surface area contributed by atoms with Crippen LogP contribution in [-0.4, -0.2) is 61.0 Å². The van der Waals surface area contributed by atoms with Crippen LogP contribution in [0.5, 0.6) is 11.5 Å². The third kappa shape index (κ3) is 11.2. The number of carbonyl (C=O) groups is 4. The number of carboxylic acids is 1. The number of esters is 1. The summed E-state index contributed by atoms with van der Waals surface area (Å²) in [5.41, 5.74) is 3.24. The van der Waals surface area contributed by atoms with Crippen LogP contribution in [0.2, 0.25) is 0 Å². The van der Waals surface area contributed by atoms with E-state index < -0.39 is 24.4 Å². The molecule has 0 aliphatic rings. The minimum atomic E-state index is -1.16. The lowest BCUT2D eigenvalue weighted by Gasteiger charge is -2.21. The predicted molar refractivity (Wildman–Crippen MR) is 190 cm³/mol. The van der Waals surface area contributed by atoms with E-state index in [0.717, 1.165) is 18.5 Å². The normalized spacial score (nSPS) is 10.6. The highest BCUT2D eigenvalue weighted by atomic mass is 16.5. The van der Waals surface area contributed by atoms with Crippen molar-refractivity contribution in [1.29, 1.82) is 0 Å². The van der Waals surface area contributed by atoms with Crippen LogP contribution < -0.4 is 19.7 Å². The summed E-state index contributed by atoms with van der Waals surface area (Å²) in [4.78, 5) is 53.5. The number of nitrogens with one attached hydrogen (secondary N) is 1. The Kier molecular flexibility index (Phi) is 13.3. The summed E-state index contributed by atoms with van der Waals surface area (Å²) in [5.74, 6) is -1.46. The fourth-order valence-electron chi connectivity index (χ4n) is 4.99. The molecule has 0 aliphatic carbocycles. The Morgan fingerprint density at radius 3 is 1.90 bits per heavy atom. The van der Waals surface area contributed by atoms with Gasteiger partial charge in [0.2, 0.25) is 0 Å². The van der Waals surface area contributed by atoms with Gasteiger partial charge in [0, 0.05) is 43.1 Å². The molecule has 0 bridgehead atoms. The van der Waals surface area contributed by atoms with Gasteiger partial charge < -0.3 is 29.7 Å². The van der Waals surface area contributed by atoms with Gasteiger partial charge in [0.1, 0.15) is 18.0 Å². The van der Waals surface area contributed by atoms with E-state index in [-0.39, 0.29) is 18.0 Å². The van der Waals surface area contributed by atoms with Gasteiger partial charge in [-0.05, 0) is 96.9 Å². The number of hydrogen-bond donors (Lipinski definition) is 2. The molecule has 0 fully saturated rings. The quantitative estimate of drug-likeness (QED) is 0.0684. The van der Waals surface area contributed by atoms with Gasteiger partial charge in [-0.1, -0.05) is 44.7 Å². The molecule has 4 aromatic rings. The first-order valence-corrected chi connectivity index (χ1v) is 16.4. The van der Waals surface area contributed by atoms with Gasteiger partial charge >= 0.3 is 11.9 Å². The lowest BCUT2D eigenvalue weighted by molar-refractivity contribution is -0.137. The SMILES string of the molecule is CCCCCCCOc1ccc(C(=O)Oc2ccc(CN(CC(=O)O)C(=O)c3ccc(NC(=O)c4ccc(N(C)C)cc4)cc3)cc2)cc1. The van der Waals surface area contributed by atoms with Crippen molar-refractivity contribution >= 4 is 35.1 Å². The smallest absolute Gasteiger partial charge is 0.343 e. The molecule has 0 saturated heterocycles. The molecular weight excluding hydrogens is 622 g/mol. The van der Waals surface area contributed by atoms with Crippen molar-refractivity contribution < 1.29 is 33.8 Å². The number of rotatable bonds is 17. The number of carbonyl (C=O) groups excluding carboxylic acids is 3. The molecule has 256 valence electrons. The fraction of sp³-hybridized carbons (Fsp3) is 0.282. The number of hydrogen-bond acceptors (Lipinski definition) is 7. The predicted octanol–water partition coefficient (Wildman–Crippen LogP) is 7.30. The molecule has 2 N–H and O–H groups in total. The molecule has 2 amide bonds. The van der Waals surface area contributed by atoms with Gasteiger partial charge in [-0.15, -0.1) is 0 Å². The van der Waals surface area contributed by atoms with Crippen LogP contribution in [-0.2, 0) is 11.3 Å². The highest BCUT2D eigenvalue weighted by Gasteiger charge is 2.20. The lowest BCUT2D eigenvalue weighted by atomic mass is 10.1. The molecule has 10 heteroatoms. The Bertz CT molecular complexity index is 1690.